The van der Waals surface area contributed by atoms with E-state index >= 15 is 0 Å². The first-order chi connectivity index (χ1) is 10.3. The Balaban J connectivity index is 1.91. The summed E-state index contributed by atoms with van der Waals surface area (Å²) in [5, 5.41) is 0. The first-order valence-electron chi connectivity index (χ1n) is 9.92. The molecule has 1 fully saturated rings. The van der Waals surface area contributed by atoms with Crippen LogP contribution in [0.1, 0.15) is 110 Å². The van der Waals surface area contributed by atoms with Gasteiger partial charge in [0.1, 0.15) is 0 Å². The Hall–Kier alpha value is 0.480. The van der Waals surface area contributed by atoms with Crippen LogP contribution < -0.4 is 0 Å². The van der Waals surface area contributed by atoms with Crippen molar-refractivity contribution < 1.29 is 0 Å². The van der Waals surface area contributed by atoms with Crippen LogP contribution in [-0.2, 0) is 0 Å². The van der Waals surface area contributed by atoms with Gasteiger partial charge in [0.15, 0.2) is 0 Å². The Morgan fingerprint density at radius 2 is 1.33 bits per heavy atom. The minimum absolute atomic E-state index is 0.818. The zero-order valence-electron chi connectivity index (χ0n) is 14.7. The third-order valence-corrected chi connectivity index (χ3v) is 6.71. The number of hydrogen-bond donors (Lipinski definition) is 0. The average Bonchev–Trinajstić information content (AvgIpc) is 2.51. The standard InChI is InChI=1S/C20H39Br/c1-3-5-6-7-8-9-10-11-12-13-14-19-17-18(4-2)15-16-20(19)21/h18-20H,3-17H2,1-2H3. The van der Waals surface area contributed by atoms with Gasteiger partial charge in [0.25, 0.3) is 0 Å². The van der Waals surface area contributed by atoms with Crippen molar-refractivity contribution in [2.24, 2.45) is 11.8 Å². The van der Waals surface area contributed by atoms with E-state index in [0.29, 0.717) is 0 Å². The molecule has 1 saturated carbocycles. The van der Waals surface area contributed by atoms with E-state index in [9.17, 15) is 0 Å². The van der Waals surface area contributed by atoms with Crippen molar-refractivity contribution >= 4 is 15.9 Å². The lowest BCUT2D eigenvalue weighted by Gasteiger charge is -2.33. The number of hydrogen-bond acceptors (Lipinski definition) is 0. The van der Waals surface area contributed by atoms with Gasteiger partial charge in [0, 0.05) is 4.83 Å². The number of halogens is 1. The molecule has 1 aliphatic rings. The molecule has 0 heterocycles. The first-order valence-corrected chi connectivity index (χ1v) is 10.8. The van der Waals surface area contributed by atoms with Gasteiger partial charge in [-0.3, -0.25) is 0 Å². The zero-order chi connectivity index (χ0) is 15.3. The molecule has 126 valence electrons. The topological polar surface area (TPSA) is 0 Å². The summed E-state index contributed by atoms with van der Waals surface area (Å²) >= 11 is 3.94. The molecule has 0 aromatic rings. The van der Waals surface area contributed by atoms with Crippen molar-refractivity contribution in [1.29, 1.82) is 0 Å². The third-order valence-electron chi connectivity index (χ3n) is 5.50. The second-order valence-corrected chi connectivity index (χ2v) is 8.51. The van der Waals surface area contributed by atoms with Crippen LogP contribution in [0.4, 0.5) is 0 Å². The predicted molar refractivity (Wildman–Crippen MR) is 100 cm³/mol. The van der Waals surface area contributed by atoms with Crippen molar-refractivity contribution in [3.05, 3.63) is 0 Å². The monoisotopic (exact) mass is 358 g/mol. The van der Waals surface area contributed by atoms with Gasteiger partial charge in [0.2, 0.25) is 0 Å². The molecule has 0 aromatic carbocycles. The highest BCUT2D eigenvalue weighted by atomic mass is 79.9. The summed E-state index contributed by atoms with van der Waals surface area (Å²) in [4.78, 5) is 0.818. The molecular formula is C20H39Br. The lowest BCUT2D eigenvalue weighted by Crippen LogP contribution is -2.24. The Morgan fingerprint density at radius 1 is 0.762 bits per heavy atom. The van der Waals surface area contributed by atoms with E-state index in [1.54, 1.807) is 0 Å². The quantitative estimate of drug-likeness (QED) is 0.245. The highest BCUT2D eigenvalue weighted by Gasteiger charge is 2.27. The van der Waals surface area contributed by atoms with Gasteiger partial charge < -0.3 is 0 Å². The fraction of sp³-hybridized carbons (Fsp3) is 1.00. The van der Waals surface area contributed by atoms with Crippen molar-refractivity contribution in [2.75, 3.05) is 0 Å². The Labute approximate surface area is 143 Å². The molecule has 0 aliphatic heterocycles. The molecule has 0 nitrogen and oxygen atoms in total. The molecule has 1 heteroatoms. The van der Waals surface area contributed by atoms with Crippen LogP contribution in [-0.4, -0.2) is 4.83 Å². The second-order valence-electron chi connectivity index (χ2n) is 7.33. The van der Waals surface area contributed by atoms with E-state index in [-0.39, 0.29) is 0 Å². The molecular weight excluding hydrogens is 320 g/mol. The molecule has 1 aliphatic carbocycles. The second kappa shape index (κ2) is 13.0. The van der Waals surface area contributed by atoms with Gasteiger partial charge in [-0.2, -0.15) is 0 Å². The van der Waals surface area contributed by atoms with Crippen molar-refractivity contribution in [2.45, 2.75) is 115 Å². The van der Waals surface area contributed by atoms with Crippen LogP contribution in [0.2, 0.25) is 0 Å². The molecule has 3 atom stereocenters. The highest BCUT2D eigenvalue weighted by Crippen LogP contribution is 2.38. The van der Waals surface area contributed by atoms with E-state index in [2.05, 4.69) is 29.8 Å². The number of unbranched alkanes of at least 4 members (excludes halogenated alkanes) is 9. The molecule has 21 heavy (non-hydrogen) atoms. The summed E-state index contributed by atoms with van der Waals surface area (Å²) in [5.74, 6) is 1.99. The predicted octanol–water partition coefficient (Wildman–Crippen LogP) is 7.89. The Kier molecular flexibility index (Phi) is 12.1. The molecule has 0 aromatic heterocycles. The summed E-state index contributed by atoms with van der Waals surface area (Å²) in [6, 6.07) is 0. The fourth-order valence-electron chi connectivity index (χ4n) is 3.89. The van der Waals surface area contributed by atoms with Crippen molar-refractivity contribution in [3.8, 4) is 0 Å². The molecule has 0 radical (unpaired) electrons. The van der Waals surface area contributed by atoms with Crippen LogP contribution in [0.3, 0.4) is 0 Å². The molecule has 1 rings (SSSR count). The van der Waals surface area contributed by atoms with Gasteiger partial charge in [-0.25, -0.2) is 0 Å². The molecule has 0 bridgehead atoms. The molecule has 0 amide bonds. The molecule has 3 unspecified atom stereocenters. The van der Waals surface area contributed by atoms with E-state index < -0.39 is 0 Å². The van der Waals surface area contributed by atoms with Gasteiger partial charge in [-0.05, 0) is 37.5 Å². The minimum atomic E-state index is 0.818. The van der Waals surface area contributed by atoms with Crippen LogP contribution in [0.15, 0.2) is 0 Å². The average molecular weight is 359 g/mol. The van der Waals surface area contributed by atoms with Gasteiger partial charge in [-0.1, -0.05) is 100 Å². The maximum Gasteiger partial charge on any atom is 0.0174 e. The SMILES string of the molecule is CCCCCCCCCCCCC1CC(CC)CCC1Br. The number of alkyl halides is 1. The van der Waals surface area contributed by atoms with E-state index in [0.717, 1.165) is 16.7 Å². The summed E-state index contributed by atoms with van der Waals surface area (Å²) in [7, 11) is 0. The Bertz CT molecular complexity index is 226. The van der Waals surface area contributed by atoms with Crippen LogP contribution in [0.5, 0.6) is 0 Å². The Morgan fingerprint density at radius 3 is 1.90 bits per heavy atom. The maximum absolute atomic E-state index is 3.94. The summed E-state index contributed by atoms with van der Waals surface area (Å²) in [6.07, 6.45) is 21.8. The normalized spacial score (nSPS) is 26.1. The number of rotatable bonds is 12. The van der Waals surface area contributed by atoms with E-state index in [1.807, 2.05) is 0 Å². The minimum Gasteiger partial charge on any atom is -0.0888 e. The summed E-state index contributed by atoms with van der Waals surface area (Å²) in [6.45, 7) is 4.67. The van der Waals surface area contributed by atoms with Crippen LogP contribution in [0, 0.1) is 11.8 Å². The molecule has 0 N–H and O–H groups in total. The maximum atomic E-state index is 3.94. The summed E-state index contributed by atoms with van der Waals surface area (Å²) in [5.41, 5.74) is 0. The van der Waals surface area contributed by atoms with Crippen molar-refractivity contribution in [1.82, 2.24) is 0 Å². The van der Waals surface area contributed by atoms with Crippen LogP contribution >= 0.6 is 15.9 Å². The van der Waals surface area contributed by atoms with E-state index in [1.165, 1.54) is 96.3 Å². The van der Waals surface area contributed by atoms with Gasteiger partial charge >= 0.3 is 0 Å². The smallest absolute Gasteiger partial charge is 0.0174 e. The van der Waals surface area contributed by atoms with Gasteiger partial charge in [0.05, 0.1) is 0 Å². The third kappa shape index (κ3) is 9.26. The van der Waals surface area contributed by atoms with Crippen LogP contribution in [0.25, 0.3) is 0 Å². The highest BCUT2D eigenvalue weighted by molar-refractivity contribution is 9.09. The lowest BCUT2D eigenvalue weighted by atomic mass is 9.78. The van der Waals surface area contributed by atoms with E-state index in [4.69, 9.17) is 0 Å². The lowest BCUT2D eigenvalue weighted by molar-refractivity contribution is 0.255. The van der Waals surface area contributed by atoms with Crippen molar-refractivity contribution in [3.63, 3.8) is 0 Å². The molecule has 0 spiro atoms. The largest absolute Gasteiger partial charge is 0.0888 e. The first kappa shape index (κ1) is 19.5. The summed E-state index contributed by atoms with van der Waals surface area (Å²) < 4.78 is 0. The zero-order valence-corrected chi connectivity index (χ0v) is 16.3. The van der Waals surface area contributed by atoms with Gasteiger partial charge in [-0.15, -0.1) is 0 Å². The molecule has 0 saturated heterocycles. The fourth-order valence-corrected chi connectivity index (χ4v) is 4.63.